The number of fused-ring (bicyclic) bond motifs is 1. The first kappa shape index (κ1) is 14.7. The molecule has 1 aliphatic heterocycles. The number of rotatable bonds is 5. The smallest absolute Gasteiger partial charge is 0.258 e. The lowest BCUT2D eigenvalue weighted by atomic mass is 10.1. The first-order valence-corrected chi connectivity index (χ1v) is 7.55. The number of H-pyrrole nitrogens is 1. The Morgan fingerprint density at radius 3 is 3.09 bits per heavy atom. The van der Waals surface area contributed by atoms with E-state index in [1.807, 2.05) is 18.2 Å². The normalized spacial score (nSPS) is 17.7. The lowest BCUT2D eigenvalue weighted by Crippen LogP contribution is -2.28. The number of ether oxygens (including phenoxy) is 1. The first-order chi connectivity index (χ1) is 10.7. The predicted molar refractivity (Wildman–Crippen MR) is 82.6 cm³/mol. The lowest BCUT2D eigenvalue weighted by Gasteiger charge is -2.08. The first-order valence-electron chi connectivity index (χ1n) is 7.55. The molecule has 6 heteroatoms. The average Bonchev–Trinajstić information content (AvgIpc) is 3.00. The van der Waals surface area contributed by atoms with Gasteiger partial charge in [-0.15, -0.1) is 0 Å². The molecule has 0 bridgehead atoms. The van der Waals surface area contributed by atoms with Crippen molar-refractivity contribution < 1.29 is 9.53 Å². The van der Waals surface area contributed by atoms with E-state index in [1.54, 1.807) is 6.07 Å². The van der Waals surface area contributed by atoms with Crippen molar-refractivity contribution in [3.63, 3.8) is 0 Å². The van der Waals surface area contributed by atoms with Crippen LogP contribution >= 0.6 is 0 Å². The molecule has 1 aliphatic rings. The van der Waals surface area contributed by atoms with E-state index < -0.39 is 0 Å². The van der Waals surface area contributed by atoms with Crippen LogP contribution in [0.1, 0.15) is 18.7 Å². The Balaban J connectivity index is 1.55. The lowest BCUT2D eigenvalue weighted by molar-refractivity contribution is -0.122. The highest BCUT2D eigenvalue weighted by Gasteiger charge is 2.18. The van der Waals surface area contributed by atoms with Crippen LogP contribution in [0, 0.1) is 5.92 Å². The van der Waals surface area contributed by atoms with Gasteiger partial charge in [-0.05, 0) is 24.5 Å². The number of carbonyl (C=O) groups is 1. The maximum absolute atomic E-state index is 11.9. The van der Waals surface area contributed by atoms with Crippen molar-refractivity contribution in [2.75, 3.05) is 19.8 Å². The van der Waals surface area contributed by atoms with Gasteiger partial charge in [-0.25, -0.2) is 4.98 Å². The molecule has 1 aromatic heterocycles. The van der Waals surface area contributed by atoms with E-state index >= 15 is 0 Å². The molecule has 0 radical (unpaired) electrons. The van der Waals surface area contributed by atoms with Gasteiger partial charge < -0.3 is 15.0 Å². The van der Waals surface area contributed by atoms with Crippen LogP contribution in [0.25, 0.3) is 10.9 Å². The number of benzene rings is 1. The molecule has 1 aromatic carbocycles. The Bertz CT molecular complexity index is 720. The summed E-state index contributed by atoms with van der Waals surface area (Å²) >= 11 is 0. The van der Waals surface area contributed by atoms with Crippen molar-refractivity contribution in [2.24, 2.45) is 5.92 Å². The maximum Gasteiger partial charge on any atom is 0.258 e. The fourth-order valence-corrected chi connectivity index (χ4v) is 2.65. The van der Waals surface area contributed by atoms with E-state index in [9.17, 15) is 9.59 Å². The van der Waals surface area contributed by atoms with Crippen LogP contribution in [0.3, 0.4) is 0 Å². The molecule has 2 N–H and O–H groups in total. The molecule has 3 rings (SSSR count). The number of para-hydroxylation sites is 1. The molecule has 0 spiro atoms. The number of hydrogen-bond donors (Lipinski definition) is 2. The summed E-state index contributed by atoms with van der Waals surface area (Å²) in [7, 11) is 0. The summed E-state index contributed by atoms with van der Waals surface area (Å²) in [5.74, 6) is 0.949. The van der Waals surface area contributed by atoms with Crippen LogP contribution in [0.4, 0.5) is 0 Å². The molecule has 1 fully saturated rings. The highest BCUT2D eigenvalue weighted by molar-refractivity contribution is 5.77. The van der Waals surface area contributed by atoms with Crippen molar-refractivity contribution in [1.29, 1.82) is 0 Å². The zero-order chi connectivity index (χ0) is 15.4. The molecule has 1 amide bonds. The molecule has 0 aliphatic carbocycles. The number of amides is 1. The molecule has 2 aromatic rings. The standard InChI is InChI=1S/C16H19N3O3/c20-15(9-11-6-8-22-10-11)17-7-5-14-18-13-4-2-1-3-12(13)16(21)19-14/h1-4,11H,5-10H2,(H,17,20)(H,18,19,21)/t11-/m0/s1. The van der Waals surface area contributed by atoms with Gasteiger partial charge in [0.2, 0.25) is 5.91 Å². The van der Waals surface area contributed by atoms with Gasteiger partial charge in [-0.3, -0.25) is 9.59 Å². The molecular weight excluding hydrogens is 282 g/mol. The van der Waals surface area contributed by atoms with Gasteiger partial charge >= 0.3 is 0 Å². The maximum atomic E-state index is 11.9. The third kappa shape index (κ3) is 3.51. The minimum atomic E-state index is -0.143. The highest BCUT2D eigenvalue weighted by atomic mass is 16.5. The molecular formula is C16H19N3O3. The zero-order valence-corrected chi connectivity index (χ0v) is 12.3. The van der Waals surface area contributed by atoms with Gasteiger partial charge in [0.05, 0.1) is 10.9 Å². The van der Waals surface area contributed by atoms with E-state index in [0.29, 0.717) is 48.6 Å². The molecule has 2 heterocycles. The number of nitrogens with one attached hydrogen (secondary N) is 2. The second-order valence-electron chi connectivity index (χ2n) is 5.56. The number of hydrogen-bond acceptors (Lipinski definition) is 4. The second kappa shape index (κ2) is 6.70. The average molecular weight is 301 g/mol. The van der Waals surface area contributed by atoms with Crippen molar-refractivity contribution >= 4 is 16.8 Å². The third-order valence-corrected chi connectivity index (χ3v) is 3.84. The van der Waals surface area contributed by atoms with Crippen LogP contribution < -0.4 is 10.9 Å². The largest absolute Gasteiger partial charge is 0.381 e. The summed E-state index contributed by atoms with van der Waals surface area (Å²) in [6, 6.07) is 7.22. The van der Waals surface area contributed by atoms with Gasteiger partial charge in [0.1, 0.15) is 5.82 Å². The van der Waals surface area contributed by atoms with Crippen molar-refractivity contribution in [1.82, 2.24) is 15.3 Å². The van der Waals surface area contributed by atoms with Gasteiger partial charge in [0, 0.05) is 32.6 Å². The predicted octanol–water partition coefficient (Wildman–Crippen LogP) is 1.01. The number of aromatic amines is 1. The number of aromatic nitrogens is 2. The minimum absolute atomic E-state index is 0.0265. The summed E-state index contributed by atoms with van der Waals surface area (Å²) in [5.41, 5.74) is 0.533. The van der Waals surface area contributed by atoms with Crippen LogP contribution in [0.2, 0.25) is 0 Å². The van der Waals surface area contributed by atoms with Crippen molar-refractivity contribution in [3.05, 3.63) is 40.4 Å². The quantitative estimate of drug-likeness (QED) is 0.863. The van der Waals surface area contributed by atoms with Gasteiger partial charge in [0.15, 0.2) is 0 Å². The number of carbonyl (C=O) groups excluding carboxylic acids is 1. The van der Waals surface area contributed by atoms with E-state index in [0.717, 1.165) is 13.0 Å². The van der Waals surface area contributed by atoms with Gasteiger partial charge in [-0.2, -0.15) is 0 Å². The van der Waals surface area contributed by atoms with Crippen molar-refractivity contribution in [2.45, 2.75) is 19.3 Å². The second-order valence-corrected chi connectivity index (χ2v) is 5.56. The summed E-state index contributed by atoms with van der Waals surface area (Å²) in [6.07, 6.45) is 1.96. The van der Waals surface area contributed by atoms with Gasteiger partial charge in [0.25, 0.3) is 5.56 Å². The highest BCUT2D eigenvalue weighted by Crippen LogP contribution is 2.15. The molecule has 22 heavy (non-hydrogen) atoms. The Kier molecular flexibility index (Phi) is 4.48. The molecule has 1 atom stereocenters. The summed E-state index contributed by atoms with van der Waals surface area (Å²) in [4.78, 5) is 30.9. The Labute approximate surface area is 127 Å². The van der Waals surface area contributed by atoms with Crippen LogP contribution in [0.15, 0.2) is 29.1 Å². The third-order valence-electron chi connectivity index (χ3n) is 3.84. The zero-order valence-electron chi connectivity index (χ0n) is 12.3. The van der Waals surface area contributed by atoms with Gasteiger partial charge in [-0.1, -0.05) is 12.1 Å². The topological polar surface area (TPSA) is 84.1 Å². The van der Waals surface area contributed by atoms with E-state index in [2.05, 4.69) is 15.3 Å². The van der Waals surface area contributed by atoms with E-state index in [4.69, 9.17) is 4.74 Å². The Hall–Kier alpha value is -2.21. The summed E-state index contributed by atoms with van der Waals surface area (Å²) in [6.45, 7) is 1.89. The van der Waals surface area contributed by atoms with Crippen LogP contribution in [0.5, 0.6) is 0 Å². The molecule has 0 unspecified atom stereocenters. The fourth-order valence-electron chi connectivity index (χ4n) is 2.65. The molecule has 116 valence electrons. The number of nitrogens with zero attached hydrogens (tertiary/aromatic N) is 1. The van der Waals surface area contributed by atoms with Crippen molar-refractivity contribution in [3.8, 4) is 0 Å². The fraction of sp³-hybridized carbons (Fsp3) is 0.438. The Morgan fingerprint density at radius 2 is 2.27 bits per heavy atom. The Morgan fingerprint density at radius 1 is 1.41 bits per heavy atom. The van der Waals surface area contributed by atoms with E-state index in [-0.39, 0.29) is 11.5 Å². The monoisotopic (exact) mass is 301 g/mol. The molecule has 0 saturated carbocycles. The van der Waals surface area contributed by atoms with Crippen LogP contribution in [-0.4, -0.2) is 35.6 Å². The SMILES string of the molecule is O=C(C[C@@H]1CCOC1)NCCc1nc2ccccc2c(=O)[nH]1. The molecule has 6 nitrogen and oxygen atoms in total. The molecule has 1 saturated heterocycles. The summed E-state index contributed by atoms with van der Waals surface area (Å²) < 4.78 is 5.26. The van der Waals surface area contributed by atoms with E-state index in [1.165, 1.54) is 0 Å². The minimum Gasteiger partial charge on any atom is -0.381 e. The summed E-state index contributed by atoms with van der Waals surface area (Å²) in [5, 5.41) is 3.45. The van der Waals surface area contributed by atoms with Crippen LogP contribution in [-0.2, 0) is 16.0 Å².